The fourth-order valence-corrected chi connectivity index (χ4v) is 2.43. The second-order valence-electron chi connectivity index (χ2n) is 4.90. The first-order valence-corrected chi connectivity index (χ1v) is 5.74. The lowest BCUT2D eigenvalue weighted by molar-refractivity contribution is -0.787. The van der Waals surface area contributed by atoms with E-state index in [1.54, 1.807) is 0 Å². The first kappa shape index (κ1) is 14.8. The molecule has 1 fully saturated rings. The van der Waals surface area contributed by atoms with Crippen LogP contribution in [0.25, 0.3) is 0 Å². The second kappa shape index (κ2) is 7.93. The molecule has 7 heteroatoms. The molecule has 0 aromatic carbocycles. The summed E-state index contributed by atoms with van der Waals surface area (Å²) in [6, 6.07) is 0. The van der Waals surface area contributed by atoms with Crippen molar-refractivity contribution in [3.63, 3.8) is 0 Å². The van der Waals surface area contributed by atoms with Gasteiger partial charge < -0.3 is 0 Å². The summed E-state index contributed by atoms with van der Waals surface area (Å²) in [7, 11) is 0. The van der Waals surface area contributed by atoms with E-state index in [1.165, 1.54) is 6.42 Å². The van der Waals surface area contributed by atoms with Crippen molar-refractivity contribution in [2.45, 2.75) is 33.6 Å². The van der Waals surface area contributed by atoms with Crippen molar-refractivity contribution in [1.29, 1.82) is 0 Å². The zero-order chi connectivity index (χ0) is 12.7. The first-order chi connectivity index (χ1) is 8.15. The molecule has 0 aromatic rings. The third kappa shape index (κ3) is 5.26. The highest BCUT2D eigenvalue weighted by molar-refractivity contribution is 4.86. The van der Waals surface area contributed by atoms with Gasteiger partial charge in [-0.1, -0.05) is 20.8 Å². The van der Waals surface area contributed by atoms with Crippen LogP contribution in [0, 0.1) is 23.7 Å². The maximum absolute atomic E-state index is 7.68. The van der Waals surface area contributed by atoms with E-state index in [2.05, 4.69) is 46.0 Å². The average molecular weight is 252 g/mol. The van der Waals surface area contributed by atoms with Crippen molar-refractivity contribution in [1.82, 2.24) is 0 Å². The average Bonchev–Trinajstić information content (AvgIpc) is 2.29. The van der Waals surface area contributed by atoms with Crippen molar-refractivity contribution in [3.8, 4) is 0 Å². The second-order valence-corrected chi connectivity index (χ2v) is 4.90. The minimum atomic E-state index is 0.436. The summed E-state index contributed by atoms with van der Waals surface area (Å²) in [5.74, 6) is 2.55. The van der Waals surface area contributed by atoms with Gasteiger partial charge in [-0.3, -0.25) is 0 Å². The van der Waals surface area contributed by atoms with Crippen LogP contribution in [-0.2, 0) is 30.1 Å². The Labute approximate surface area is 100 Å². The van der Waals surface area contributed by atoms with Gasteiger partial charge in [0.05, 0.1) is 6.61 Å². The molecule has 3 unspecified atom stereocenters. The number of hydrogen-bond donors (Lipinski definition) is 1. The topological polar surface area (TPSA) is 75.6 Å². The molecule has 0 amide bonds. The minimum Gasteiger partial charge on any atom is -0.219 e. The van der Waals surface area contributed by atoms with Crippen LogP contribution in [0.4, 0.5) is 0 Å². The van der Waals surface area contributed by atoms with E-state index in [1.807, 2.05) is 0 Å². The van der Waals surface area contributed by atoms with Crippen LogP contribution in [0.5, 0.6) is 0 Å². The Morgan fingerprint density at radius 1 is 1.18 bits per heavy atom. The smallest absolute Gasteiger partial charge is 0.0885 e. The van der Waals surface area contributed by atoms with Crippen molar-refractivity contribution in [2.24, 2.45) is 23.7 Å². The molecule has 17 heavy (non-hydrogen) atoms. The fourth-order valence-electron chi connectivity index (χ4n) is 2.43. The van der Waals surface area contributed by atoms with E-state index in [9.17, 15) is 0 Å². The monoisotopic (exact) mass is 252 g/mol. The predicted molar refractivity (Wildman–Crippen MR) is 54.2 cm³/mol. The van der Waals surface area contributed by atoms with Crippen LogP contribution in [0.15, 0.2) is 0 Å². The Morgan fingerprint density at radius 2 is 1.88 bits per heavy atom. The SMILES string of the molecule is CC(C)CC1C(C)CC1COOOOOOO. The van der Waals surface area contributed by atoms with Gasteiger partial charge in [0.15, 0.2) is 0 Å². The molecule has 0 spiro atoms. The number of rotatable bonds is 9. The molecule has 0 aromatic heterocycles. The highest BCUT2D eigenvalue weighted by Gasteiger charge is 2.38. The third-order valence-corrected chi connectivity index (χ3v) is 3.20. The largest absolute Gasteiger partial charge is 0.219 e. The molecule has 0 saturated heterocycles. The van der Waals surface area contributed by atoms with Gasteiger partial charge in [-0.05, 0) is 61.7 Å². The van der Waals surface area contributed by atoms with Crippen LogP contribution in [-0.4, -0.2) is 11.9 Å². The maximum Gasteiger partial charge on any atom is 0.0885 e. The molecule has 3 atom stereocenters. The Bertz CT molecular complexity index is 199. The molecule has 0 bridgehead atoms. The third-order valence-electron chi connectivity index (χ3n) is 3.20. The first-order valence-electron chi connectivity index (χ1n) is 5.74. The minimum absolute atomic E-state index is 0.436. The summed E-state index contributed by atoms with van der Waals surface area (Å²) >= 11 is 0. The Morgan fingerprint density at radius 3 is 2.47 bits per heavy atom. The van der Waals surface area contributed by atoms with Crippen LogP contribution in [0.3, 0.4) is 0 Å². The predicted octanol–water partition coefficient (Wildman–Crippen LogP) is 2.45. The summed E-state index contributed by atoms with van der Waals surface area (Å²) < 4.78 is 0. The van der Waals surface area contributed by atoms with Gasteiger partial charge in [-0.2, -0.15) is 0 Å². The normalized spacial score (nSPS) is 28.4. The molecule has 1 rings (SSSR count). The van der Waals surface area contributed by atoms with Crippen molar-refractivity contribution in [2.75, 3.05) is 6.61 Å². The molecule has 1 aliphatic rings. The van der Waals surface area contributed by atoms with E-state index in [4.69, 9.17) is 10.1 Å². The summed E-state index contributed by atoms with van der Waals surface area (Å²) in [5.41, 5.74) is 0. The lowest BCUT2D eigenvalue weighted by atomic mass is 9.63. The molecular formula is C10H20O7. The molecule has 1 N–H and O–H groups in total. The molecule has 0 aliphatic heterocycles. The molecular weight excluding hydrogens is 232 g/mol. The van der Waals surface area contributed by atoms with E-state index in [-0.39, 0.29) is 0 Å². The summed E-state index contributed by atoms with van der Waals surface area (Å²) in [5, 5.41) is 26.1. The van der Waals surface area contributed by atoms with Crippen molar-refractivity contribution < 1.29 is 35.3 Å². The summed E-state index contributed by atoms with van der Waals surface area (Å²) in [6.45, 7) is 7.10. The lowest BCUT2D eigenvalue weighted by Gasteiger charge is -2.43. The van der Waals surface area contributed by atoms with E-state index in [0.717, 1.165) is 12.3 Å². The van der Waals surface area contributed by atoms with Gasteiger partial charge in [0.2, 0.25) is 0 Å². The quantitative estimate of drug-likeness (QED) is 0.383. The lowest BCUT2D eigenvalue weighted by Crippen LogP contribution is -2.38. The van der Waals surface area contributed by atoms with Gasteiger partial charge in [0.25, 0.3) is 0 Å². The Balaban J connectivity index is 2.03. The summed E-state index contributed by atoms with van der Waals surface area (Å²) in [6.07, 6.45) is 2.31. The molecule has 0 radical (unpaired) electrons. The molecule has 1 saturated carbocycles. The molecule has 0 heterocycles. The molecule has 1 aliphatic carbocycles. The standard InChI is InChI=1S/C10H20O7/c1-7(2)4-10-8(3)5-9(10)6-12-14-16-17-15-13-11/h7-11H,4-6H2,1-3H3. The van der Waals surface area contributed by atoms with E-state index < -0.39 is 0 Å². The van der Waals surface area contributed by atoms with Gasteiger partial charge in [0, 0.05) is 0 Å². The van der Waals surface area contributed by atoms with Gasteiger partial charge in [-0.25, -0.2) is 10.1 Å². The van der Waals surface area contributed by atoms with Crippen molar-refractivity contribution >= 4 is 0 Å². The van der Waals surface area contributed by atoms with E-state index in [0.29, 0.717) is 24.4 Å². The van der Waals surface area contributed by atoms with Gasteiger partial charge in [0.1, 0.15) is 0 Å². The zero-order valence-electron chi connectivity index (χ0n) is 10.3. The van der Waals surface area contributed by atoms with Crippen LogP contribution in [0.2, 0.25) is 0 Å². The number of hydrogen-bond acceptors (Lipinski definition) is 7. The van der Waals surface area contributed by atoms with Crippen molar-refractivity contribution in [3.05, 3.63) is 0 Å². The Kier molecular flexibility index (Phi) is 6.90. The highest BCUT2D eigenvalue weighted by atomic mass is 17.9. The highest BCUT2D eigenvalue weighted by Crippen LogP contribution is 2.43. The summed E-state index contributed by atoms with van der Waals surface area (Å²) in [4.78, 5) is 4.78. The van der Waals surface area contributed by atoms with Crippen LogP contribution < -0.4 is 0 Å². The zero-order valence-corrected chi connectivity index (χ0v) is 10.3. The van der Waals surface area contributed by atoms with Gasteiger partial charge in [-0.15, -0.1) is 0 Å². The fraction of sp³-hybridized carbons (Fsp3) is 1.00. The maximum atomic E-state index is 7.68. The molecule has 7 nitrogen and oxygen atoms in total. The Hall–Kier alpha value is -0.280. The van der Waals surface area contributed by atoms with Crippen LogP contribution in [0.1, 0.15) is 33.6 Å². The van der Waals surface area contributed by atoms with Gasteiger partial charge >= 0.3 is 0 Å². The van der Waals surface area contributed by atoms with E-state index >= 15 is 0 Å². The molecule has 102 valence electrons. The van der Waals surface area contributed by atoms with Crippen LogP contribution >= 0.6 is 0 Å².